The first kappa shape index (κ1) is 24.4. The normalized spacial score (nSPS) is 27.3. The Kier molecular flexibility index (Phi) is 6.23. The maximum atomic E-state index is 12.8. The third kappa shape index (κ3) is 4.16. The minimum Gasteiger partial charge on any atom is -0.458 e. The van der Waals surface area contributed by atoms with Crippen molar-refractivity contribution in [2.24, 2.45) is 17.3 Å². The van der Waals surface area contributed by atoms with Crippen LogP contribution in [0, 0.1) is 29.6 Å². The summed E-state index contributed by atoms with van der Waals surface area (Å²) in [6.45, 7) is 2.31. The number of hydrogen-bond acceptors (Lipinski definition) is 6. The van der Waals surface area contributed by atoms with Crippen LogP contribution in [0.25, 0.3) is 0 Å². The number of terminal acetylenes is 1. The smallest absolute Gasteiger partial charge is 0.345 e. The molecule has 3 aliphatic carbocycles. The van der Waals surface area contributed by atoms with Crippen LogP contribution in [-0.4, -0.2) is 28.0 Å². The van der Waals surface area contributed by atoms with Crippen LogP contribution >= 0.6 is 0 Å². The summed E-state index contributed by atoms with van der Waals surface area (Å²) in [6, 6.07) is 10.7. The van der Waals surface area contributed by atoms with E-state index in [1.54, 1.807) is 42.9 Å². The summed E-state index contributed by atoms with van der Waals surface area (Å²) in [5, 5.41) is 0. The molecule has 0 spiro atoms. The lowest BCUT2D eigenvalue weighted by Crippen LogP contribution is -2.45. The number of benzene rings is 1. The summed E-state index contributed by atoms with van der Waals surface area (Å²) >= 11 is 0. The summed E-state index contributed by atoms with van der Waals surface area (Å²) in [5.41, 5.74) is 4.08. The van der Waals surface area contributed by atoms with Gasteiger partial charge in [0.05, 0.1) is 11.1 Å². The number of carbonyl (C=O) groups excluding carboxylic acids is 2. The van der Waals surface area contributed by atoms with Crippen LogP contribution in [0.2, 0.25) is 0 Å². The fourth-order valence-electron chi connectivity index (χ4n) is 7.35. The second-order valence-corrected chi connectivity index (χ2v) is 11.0. The molecule has 0 bridgehead atoms. The summed E-state index contributed by atoms with van der Waals surface area (Å²) < 4.78 is 11.8. The molecule has 0 saturated heterocycles. The summed E-state index contributed by atoms with van der Waals surface area (Å²) in [7, 11) is 0. The third-order valence-corrected chi connectivity index (χ3v) is 9.12. The standard InChI is InChI=1S/C32H30N2O4/c1-3-20-16-24(37-30(35)22-6-4-14-33-18-22)17-21-8-9-25-26(29(20)21)12-13-32(2)27(25)10-11-28(32)38-31(36)23-7-5-15-34-19-23/h1,4-7,14-19,25-28H,8-13H2,2H3/t25-,26+,27+,28+,32+/m1/s1. The van der Waals surface area contributed by atoms with E-state index < -0.39 is 5.97 Å². The number of aryl methyl sites for hydroxylation is 1. The van der Waals surface area contributed by atoms with Crippen molar-refractivity contribution >= 4 is 11.9 Å². The van der Waals surface area contributed by atoms with Crippen LogP contribution in [0.3, 0.4) is 0 Å². The van der Waals surface area contributed by atoms with Gasteiger partial charge in [0.25, 0.3) is 0 Å². The van der Waals surface area contributed by atoms with Crippen molar-refractivity contribution in [1.82, 2.24) is 9.97 Å². The van der Waals surface area contributed by atoms with E-state index in [2.05, 4.69) is 22.8 Å². The van der Waals surface area contributed by atoms with Crippen LogP contribution in [0.15, 0.2) is 61.2 Å². The molecule has 0 aliphatic heterocycles. The highest BCUT2D eigenvalue weighted by molar-refractivity contribution is 5.90. The van der Waals surface area contributed by atoms with Crippen molar-refractivity contribution in [1.29, 1.82) is 0 Å². The Bertz CT molecular complexity index is 1410. The van der Waals surface area contributed by atoms with Crippen molar-refractivity contribution in [2.45, 2.75) is 57.5 Å². The number of pyridine rings is 2. The van der Waals surface area contributed by atoms with Crippen LogP contribution < -0.4 is 4.74 Å². The molecule has 1 aromatic carbocycles. The largest absolute Gasteiger partial charge is 0.458 e. The lowest BCUT2D eigenvalue weighted by Gasteiger charge is -2.50. The number of rotatable bonds is 4. The monoisotopic (exact) mass is 506 g/mol. The van der Waals surface area contributed by atoms with Crippen molar-refractivity contribution in [3.8, 4) is 18.1 Å². The minimum absolute atomic E-state index is 0.0496. The van der Waals surface area contributed by atoms with Gasteiger partial charge in [-0.3, -0.25) is 9.97 Å². The first-order valence-corrected chi connectivity index (χ1v) is 13.3. The Morgan fingerprint density at radius 1 is 1.00 bits per heavy atom. The summed E-state index contributed by atoms with van der Waals surface area (Å²) in [6.07, 6.45) is 18.1. The molecular formula is C32H30N2O4. The second-order valence-electron chi connectivity index (χ2n) is 11.0. The van der Waals surface area contributed by atoms with Crippen molar-refractivity contribution in [2.75, 3.05) is 0 Å². The molecule has 2 aromatic heterocycles. The Hall–Kier alpha value is -3.98. The summed E-state index contributed by atoms with van der Waals surface area (Å²) in [4.78, 5) is 33.5. The predicted octanol–water partition coefficient (Wildman–Crippen LogP) is 5.76. The van der Waals surface area contributed by atoms with E-state index in [1.165, 1.54) is 17.3 Å². The van der Waals surface area contributed by atoms with Gasteiger partial charge in [-0.05, 0) is 104 Å². The molecule has 6 rings (SSSR count). The molecule has 38 heavy (non-hydrogen) atoms. The van der Waals surface area contributed by atoms with Gasteiger partial charge in [-0.1, -0.05) is 12.8 Å². The minimum atomic E-state index is -0.444. The lowest BCUT2D eigenvalue weighted by molar-refractivity contribution is -0.0428. The molecule has 0 amide bonds. The quantitative estimate of drug-likeness (QED) is 0.254. The van der Waals surface area contributed by atoms with Gasteiger partial charge in [0.15, 0.2) is 0 Å². The summed E-state index contributed by atoms with van der Waals surface area (Å²) in [5.74, 6) is 3.95. The van der Waals surface area contributed by atoms with E-state index in [9.17, 15) is 9.59 Å². The number of fused-ring (bicyclic) bond motifs is 5. The van der Waals surface area contributed by atoms with Crippen molar-refractivity contribution in [3.63, 3.8) is 0 Å². The highest BCUT2D eigenvalue weighted by Crippen LogP contribution is 2.62. The van der Waals surface area contributed by atoms with Crippen LogP contribution in [0.5, 0.6) is 5.75 Å². The van der Waals surface area contributed by atoms with E-state index in [0.29, 0.717) is 34.6 Å². The molecule has 0 N–H and O–H groups in total. The fourth-order valence-corrected chi connectivity index (χ4v) is 7.35. The van der Waals surface area contributed by atoms with E-state index in [-0.39, 0.29) is 17.5 Å². The molecule has 6 nitrogen and oxygen atoms in total. The molecule has 192 valence electrons. The van der Waals surface area contributed by atoms with Gasteiger partial charge >= 0.3 is 11.9 Å². The topological polar surface area (TPSA) is 78.4 Å². The first-order chi connectivity index (χ1) is 18.5. The molecule has 3 aromatic rings. The van der Waals surface area contributed by atoms with Gasteiger partial charge in [-0.15, -0.1) is 6.42 Å². The Labute approximate surface area is 222 Å². The van der Waals surface area contributed by atoms with E-state index in [1.807, 2.05) is 12.1 Å². The molecule has 2 heterocycles. The average Bonchev–Trinajstić information content (AvgIpc) is 3.29. The molecule has 5 atom stereocenters. The lowest BCUT2D eigenvalue weighted by atomic mass is 9.55. The van der Waals surface area contributed by atoms with Gasteiger partial charge < -0.3 is 9.47 Å². The zero-order valence-corrected chi connectivity index (χ0v) is 21.4. The molecule has 0 unspecified atom stereocenters. The molecule has 2 saturated carbocycles. The zero-order chi connectivity index (χ0) is 26.3. The highest BCUT2D eigenvalue weighted by atomic mass is 16.5. The highest BCUT2D eigenvalue weighted by Gasteiger charge is 2.56. The van der Waals surface area contributed by atoms with E-state index >= 15 is 0 Å². The van der Waals surface area contributed by atoms with E-state index in [0.717, 1.165) is 44.1 Å². The van der Waals surface area contributed by atoms with Gasteiger partial charge in [0, 0.05) is 35.8 Å². The Balaban J connectivity index is 1.23. The molecule has 6 heteroatoms. The van der Waals surface area contributed by atoms with Gasteiger partial charge in [0.2, 0.25) is 0 Å². The van der Waals surface area contributed by atoms with Crippen LogP contribution in [0.4, 0.5) is 0 Å². The van der Waals surface area contributed by atoms with Gasteiger partial charge in [-0.25, -0.2) is 9.59 Å². The van der Waals surface area contributed by atoms with E-state index in [4.69, 9.17) is 15.9 Å². The number of esters is 2. The molecule has 3 aliphatic rings. The zero-order valence-electron chi connectivity index (χ0n) is 21.4. The first-order valence-electron chi connectivity index (χ1n) is 13.3. The van der Waals surface area contributed by atoms with Gasteiger partial charge in [0.1, 0.15) is 11.9 Å². The Morgan fingerprint density at radius 3 is 2.42 bits per heavy atom. The maximum absolute atomic E-state index is 12.8. The number of hydrogen-bond donors (Lipinski definition) is 0. The van der Waals surface area contributed by atoms with Crippen molar-refractivity contribution in [3.05, 3.63) is 89.0 Å². The van der Waals surface area contributed by atoms with Gasteiger partial charge in [-0.2, -0.15) is 0 Å². The number of carbonyl (C=O) groups is 2. The predicted molar refractivity (Wildman–Crippen MR) is 142 cm³/mol. The SMILES string of the molecule is C#Cc1cc(OC(=O)c2cccnc2)cc2c1[C@H]1CC[C@]3(C)[C@@H](OC(=O)c4cccnc4)CC[C@H]3[C@@H]1CC2. The second kappa shape index (κ2) is 9.72. The average molecular weight is 507 g/mol. The van der Waals surface area contributed by atoms with Crippen LogP contribution in [-0.2, 0) is 11.2 Å². The number of aromatic nitrogens is 2. The molecule has 0 radical (unpaired) electrons. The van der Waals surface area contributed by atoms with Crippen LogP contribution in [0.1, 0.15) is 82.4 Å². The molecular weight excluding hydrogens is 476 g/mol. The molecule has 2 fully saturated rings. The Morgan fingerprint density at radius 2 is 1.74 bits per heavy atom. The fraction of sp³-hybridized carbons (Fsp3) is 0.375. The number of ether oxygens (including phenoxy) is 2. The van der Waals surface area contributed by atoms with Crippen molar-refractivity contribution < 1.29 is 19.1 Å². The third-order valence-electron chi connectivity index (χ3n) is 9.12. The maximum Gasteiger partial charge on any atom is 0.345 e. The number of nitrogens with zero attached hydrogens (tertiary/aromatic N) is 2.